The van der Waals surface area contributed by atoms with Gasteiger partial charge in [0.2, 0.25) is 11.8 Å². The van der Waals surface area contributed by atoms with Crippen LogP contribution in [0.2, 0.25) is 0 Å². The molecule has 162 valence electrons. The summed E-state index contributed by atoms with van der Waals surface area (Å²) in [6, 6.07) is 0. The standard InChI is InChI=1S/C21H32N2O5S/c1-3-28-20(26)21-8-5-4-7-17(21)23(9-6-12-27-2)19(25)16(21)15-18(24)22-10-13-29-14-11-22/h7,16H,3-6,8-15H2,1-2H3/t16-,21-/m0/s1. The molecule has 2 heterocycles. The summed E-state index contributed by atoms with van der Waals surface area (Å²) >= 11 is 1.84. The average Bonchev–Trinajstić information content (AvgIpc) is 2.98. The summed E-state index contributed by atoms with van der Waals surface area (Å²) in [6.45, 7) is 4.48. The van der Waals surface area contributed by atoms with Gasteiger partial charge in [0.25, 0.3) is 0 Å². The number of rotatable bonds is 8. The number of hydrogen-bond acceptors (Lipinski definition) is 6. The van der Waals surface area contributed by atoms with Crippen LogP contribution in [0.5, 0.6) is 0 Å². The number of ether oxygens (including phenoxy) is 2. The van der Waals surface area contributed by atoms with Gasteiger partial charge in [-0.05, 0) is 32.6 Å². The van der Waals surface area contributed by atoms with Crippen LogP contribution in [-0.2, 0) is 23.9 Å². The van der Waals surface area contributed by atoms with Crippen LogP contribution in [0.4, 0.5) is 0 Å². The van der Waals surface area contributed by atoms with Crippen molar-refractivity contribution in [3.63, 3.8) is 0 Å². The second kappa shape index (κ2) is 9.98. The maximum atomic E-state index is 13.5. The number of hydrogen-bond donors (Lipinski definition) is 0. The third-order valence-corrected chi connectivity index (χ3v) is 7.07. The van der Waals surface area contributed by atoms with E-state index in [1.807, 2.05) is 22.7 Å². The van der Waals surface area contributed by atoms with E-state index in [0.717, 1.165) is 30.0 Å². The van der Waals surface area contributed by atoms with Crippen LogP contribution >= 0.6 is 11.8 Å². The number of methoxy groups -OCH3 is 1. The molecule has 2 saturated heterocycles. The molecule has 0 bridgehead atoms. The van der Waals surface area contributed by atoms with E-state index in [4.69, 9.17) is 9.47 Å². The van der Waals surface area contributed by atoms with Crippen LogP contribution in [0.25, 0.3) is 0 Å². The van der Waals surface area contributed by atoms with Crippen molar-refractivity contribution >= 4 is 29.5 Å². The zero-order valence-corrected chi connectivity index (χ0v) is 18.3. The van der Waals surface area contributed by atoms with Crippen molar-refractivity contribution in [1.82, 2.24) is 9.80 Å². The molecule has 7 nitrogen and oxygen atoms in total. The Morgan fingerprint density at radius 3 is 2.76 bits per heavy atom. The molecular weight excluding hydrogens is 392 g/mol. The van der Waals surface area contributed by atoms with Gasteiger partial charge in [0, 0.05) is 57.0 Å². The van der Waals surface area contributed by atoms with Crippen LogP contribution in [0.15, 0.2) is 11.8 Å². The highest BCUT2D eigenvalue weighted by molar-refractivity contribution is 7.99. The molecule has 29 heavy (non-hydrogen) atoms. The van der Waals surface area contributed by atoms with Gasteiger partial charge in [-0.2, -0.15) is 11.8 Å². The SMILES string of the molecule is CCOC(=O)[C@]12CCCC=C1N(CCCOC)C(=O)[C@@H]2CC(=O)N1CCSCC1. The summed E-state index contributed by atoms with van der Waals surface area (Å²) in [5.74, 6) is 0.639. The molecule has 0 aromatic rings. The summed E-state index contributed by atoms with van der Waals surface area (Å²) in [5, 5.41) is 0. The molecule has 0 aromatic heterocycles. The zero-order chi connectivity index (χ0) is 20.9. The molecule has 2 amide bonds. The smallest absolute Gasteiger partial charge is 0.318 e. The lowest BCUT2D eigenvalue weighted by Crippen LogP contribution is -2.45. The number of fused-ring (bicyclic) bond motifs is 1. The molecule has 2 atom stereocenters. The largest absolute Gasteiger partial charge is 0.465 e. The van der Waals surface area contributed by atoms with Crippen molar-refractivity contribution < 1.29 is 23.9 Å². The molecule has 3 aliphatic rings. The number of amides is 2. The minimum Gasteiger partial charge on any atom is -0.465 e. The molecule has 0 unspecified atom stereocenters. The molecule has 0 N–H and O–H groups in total. The Balaban J connectivity index is 1.90. The maximum Gasteiger partial charge on any atom is 0.318 e. The highest BCUT2D eigenvalue weighted by Crippen LogP contribution is 2.53. The van der Waals surface area contributed by atoms with Gasteiger partial charge in [-0.3, -0.25) is 14.4 Å². The molecule has 3 rings (SSSR count). The van der Waals surface area contributed by atoms with Gasteiger partial charge in [-0.25, -0.2) is 0 Å². The van der Waals surface area contributed by atoms with E-state index in [1.54, 1.807) is 18.9 Å². The third kappa shape index (κ3) is 4.33. The number of esters is 1. The molecule has 2 aliphatic heterocycles. The van der Waals surface area contributed by atoms with Gasteiger partial charge < -0.3 is 19.3 Å². The van der Waals surface area contributed by atoms with Crippen molar-refractivity contribution in [3.8, 4) is 0 Å². The van der Waals surface area contributed by atoms with Gasteiger partial charge in [0.15, 0.2) is 0 Å². The van der Waals surface area contributed by atoms with Crippen molar-refractivity contribution in [2.24, 2.45) is 11.3 Å². The van der Waals surface area contributed by atoms with E-state index in [9.17, 15) is 14.4 Å². The van der Waals surface area contributed by atoms with Crippen molar-refractivity contribution in [2.75, 3.05) is 51.5 Å². The highest BCUT2D eigenvalue weighted by atomic mass is 32.2. The van der Waals surface area contributed by atoms with E-state index in [-0.39, 0.29) is 30.8 Å². The highest BCUT2D eigenvalue weighted by Gasteiger charge is 2.62. The van der Waals surface area contributed by atoms with Crippen molar-refractivity contribution in [3.05, 3.63) is 11.8 Å². The molecule has 2 fully saturated rings. The van der Waals surface area contributed by atoms with Gasteiger partial charge in [-0.1, -0.05) is 6.08 Å². The first-order valence-corrected chi connectivity index (χ1v) is 11.8. The summed E-state index contributed by atoms with van der Waals surface area (Å²) in [6.07, 6.45) is 4.95. The second-order valence-corrected chi connectivity index (χ2v) is 8.98. The lowest BCUT2D eigenvalue weighted by molar-refractivity contribution is -0.158. The Morgan fingerprint density at radius 1 is 1.31 bits per heavy atom. The van der Waals surface area contributed by atoms with E-state index < -0.39 is 11.3 Å². The predicted molar refractivity (Wildman–Crippen MR) is 111 cm³/mol. The molecular formula is C21H32N2O5S. The van der Waals surface area contributed by atoms with Crippen LogP contribution in [0.3, 0.4) is 0 Å². The van der Waals surface area contributed by atoms with Crippen molar-refractivity contribution in [2.45, 2.75) is 39.0 Å². The molecule has 0 spiro atoms. The lowest BCUT2D eigenvalue weighted by Gasteiger charge is -2.36. The molecule has 8 heteroatoms. The molecule has 0 aromatic carbocycles. The Labute approximate surface area is 177 Å². The summed E-state index contributed by atoms with van der Waals surface area (Å²) in [4.78, 5) is 43.2. The van der Waals surface area contributed by atoms with Gasteiger partial charge in [0.05, 0.1) is 12.5 Å². The van der Waals surface area contributed by atoms with E-state index in [2.05, 4.69) is 0 Å². The van der Waals surface area contributed by atoms with Crippen LogP contribution < -0.4 is 0 Å². The predicted octanol–water partition coefficient (Wildman–Crippen LogP) is 2.06. The van der Waals surface area contributed by atoms with Gasteiger partial charge >= 0.3 is 5.97 Å². The Bertz CT molecular complexity index is 661. The fraction of sp³-hybridized carbons (Fsp3) is 0.762. The molecule has 0 saturated carbocycles. The fourth-order valence-electron chi connectivity index (χ4n) is 4.74. The number of likely N-dealkylation sites (tertiary alicyclic amines) is 1. The summed E-state index contributed by atoms with van der Waals surface area (Å²) < 4.78 is 10.6. The van der Waals surface area contributed by atoms with Crippen LogP contribution in [-0.4, -0.2) is 79.0 Å². The normalized spacial score (nSPS) is 26.9. The van der Waals surface area contributed by atoms with Crippen LogP contribution in [0.1, 0.15) is 39.0 Å². The van der Waals surface area contributed by atoms with Crippen molar-refractivity contribution in [1.29, 1.82) is 0 Å². The second-order valence-electron chi connectivity index (χ2n) is 7.76. The maximum absolute atomic E-state index is 13.5. The number of carbonyl (C=O) groups excluding carboxylic acids is 3. The minimum absolute atomic E-state index is 0.0315. The summed E-state index contributed by atoms with van der Waals surface area (Å²) in [5.41, 5.74) is -0.284. The van der Waals surface area contributed by atoms with E-state index in [0.29, 0.717) is 39.1 Å². The topological polar surface area (TPSA) is 76.1 Å². The number of allylic oxidation sites excluding steroid dienone is 1. The van der Waals surface area contributed by atoms with Gasteiger partial charge in [0.1, 0.15) is 5.41 Å². The lowest BCUT2D eigenvalue weighted by atomic mass is 9.68. The summed E-state index contributed by atoms with van der Waals surface area (Å²) in [7, 11) is 1.63. The molecule has 0 radical (unpaired) electrons. The zero-order valence-electron chi connectivity index (χ0n) is 17.5. The first-order chi connectivity index (χ1) is 14.1. The van der Waals surface area contributed by atoms with Gasteiger partial charge in [-0.15, -0.1) is 0 Å². The van der Waals surface area contributed by atoms with Crippen LogP contribution in [0, 0.1) is 11.3 Å². The number of carbonyl (C=O) groups is 3. The Hall–Kier alpha value is -1.54. The monoisotopic (exact) mass is 424 g/mol. The molecule has 1 aliphatic carbocycles. The first kappa shape index (κ1) is 22.2. The average molecular weight is 425 g/mol. The fourth-order valence-corrected chi connectivity index (χ4v) is 5.64. The first-order valence-electron chi connectivity index (χ1n) is 10.6. The number of nitrogens with zero attached hydrogens (tertiary/aromatic N) is 2. The quantitative estimate of drug-likeness (QED) is 0.439. The minimum atomic E-state index is -1.03. The number of thioether (sulfide) groups is 1. The van der Waals surface area contributed by atoms with E-state index in [1.165, 1.54) is 0 Å². The Morgan fingerprint density at radius 2 is 2.07 bits per heavy atom. The Kier molecular flexibility index (Phi) is 7.62. The third-order valence-electron chi connectivity index (χ3n) is 6.13. The van der Waals surface area contributed by atoms with E-state index >= 15 is 0 Å².